The van der Waals surface area contributed by atoms with Crippen LogP contribution in [0.4, 0.5) is 13.2 Å². The smallest absolute Gasteiger partial charge is 0.406 e. The lowest BCUT2D eigenvalue weighted by Crippen LogP contribution is -2.27. The molecule has 0 radical (unpaired) electrons. The van der Waals surface area contributed by atoms with Crippen LogP contribution in [-0.2, 0) is 6.54 Å². The summed E-state index contributed by atoms with van der Waals surface area (Å²) >= 11 is 0. The molecule has 0 amide bonds. The van der Waals surface area contributed by atoms with Gasteiger partial charge in [0, 0.05) is 6.54 Å². The average Bonchev–Trinajstić information content (AvgIpc) is 2.43. The fraction of sp³-hybridized carbons (Fsp3) is 0.600. The van der Waals surface area contributed by atoms with E-state index in [1.54, 1.807) is 12.1 Å². The molecule has 120 valence electrons. The van der Waals surface area contributed by atoms with E-state index in [1.165, 1.54) is 12.1 Å². The van der Waals surface area contributed by atoms with Gasteiger partial charge in [-0.15, -0.1) is 13.2 Å². The number of benzene rings is 1. The highest BCUT2D eigenvalue weighted by Crippen LogP contribution is 2.22. The number of rotatable bonds is 9. The molecule has 0 aliphatic heterocycles. The molecular formula is C15H23F3N2O. The van der Waals surface area contributed by atoms with Crippen molar-refractivity contribution in [3.05, 3.63) is 29.8 Å². The van der Waals surface area contributed by atoms with Crippen LogP contribution < -0.4 is 10.1 Å². The Hall–Kier alpha value is -1.27. The molecule has 1 N–H and O–H groups in total. The second-order valence-corrected chi connectivity index (χ2v) is 4.75. The van der Waals surface area contributed by atoms with Crippen LogP contribution in [0.15, 0.2) is 24.3 Å². The van der Waals surface area contributed by atoms with Crippen LogP contribution in [0.3, 0.4) is 0 Å². The van der Waals surface area contributed by atoms with Gasteiger partial charge in [0.2, 0.25) is 0 Å². The van der Waals surface area contributed by atoms with E-state index in [1.807, 2.05) is 0 Å². The molecule has 0 spiro atoms. The molecule has 1 aromatic carbocycles. The molecule has 0 aliphatic carbocycles. The summed E-state index contributed by atoms with van der Waals surface area (Å²) in [6.45, 7) is 8.97. The summed E-state index contributed by atoms with van der Waals surface area (Å²) in [7, 11) is 0. The molecule has 0 heterocycles. The summed E-state index contributed by atoms with van der Waals surface area (Å²) in [5.41, 5.74) is 0.937. The second-order valence-electron chi connectivity index (χ2n) is 4.75. The number of ether oxygens (including phenoxy) is 1. The molecular weight excluding hydrogens is 281 g/mol. The van der Waals surface area contributed by atoms with Gasteiger partial charge in [-0.1, -0.05) is 26.0 Å². The monoisotopic (exact) mass is 304 g/mol. The zero-order chi connectivity index (χ0) is 15.7. The zero-order valence-corrected chi connectivity index (χ0v) is 12.5. The van der Waals surface area contributed by atoms with Crippen molar-refractivity contribution in [3.63, 3.8) is 0 Å². The normalized spacial score (nSPS) is 11.9. The highest BCUT2D eigenvalue weighted by molar-refractivity contribution is 5.27. The van der Waals surface area contributed by atoms with Gasteiger partial charge < -0.3 is 15.0 Å². The van der Waals surface area contributed by atoms with Gasteiger partial charge in [0.05, 0.1) is 0 Å². The molecule has 0 saturated heterocycles. The molecule has 0 fully saturated rings. The van der Waals surface area contributed by atoms with Crippen LogP contribution in [0, 0.1) is 0 Å². The molecule has 6 heteroatoms. The van der Waals surface area contributed by atoms with Crippen molar-refractivity contribution in [2.75, 3.05) is 26.2 Å². The molecule has 21 heavy (non-hydrogen) atoms. The third-order valence-corrected chi connectivity index (χ3v) is 3.21. The summed E-state index contributed by atoms with van der Waals surface area (Å²) in [6, 6.07) is 5.94. The molecule has 0 saturated carbocycles. The Balaban J connectivity index is 2.24. The van der Waals surface area contributed by atoms with Gasteiger partial charge in [0.15, 0.2) is 0 Å². The Kier molecular flexibility index (Phi) is 7.53. The minimum atomic E-state index is -4.63. The predicted molar refractivity (Wildman–Crippen MR) is 77.2 cm³/mol. The largest absolute Gasteiger partial charge is 0.573 e. The average molecular weight is 304 g/mol. The molecule has 0 aromatic heterocycles. The Labute approximate surface area is 124 Å². The van der Waals surface area contributed by atoms with Gasteiger partial charge in [-0.25, -0.2) is 0 Å². The molecule has 0 bridgehead atoms. The number of halogens is 3. The summed E-state index contributed by atoms with van der Waals surface area (Å²) < 4.78 is 39.9. The van der Waals surface area contributed by atoms with E-state index in [2.05, 4.69) is 28.8 Å². The molecule has 1 aromatic rings. The van der Waals surface area contributed by atoms with Crippen molar-refractivity contribution in [2.24, 2.45) is 0 Å². The Morgan fingerprint density at radius 1 is 1.10 bits per heavy atom. The molecule has 0 unspecified atom stereocenters. The quantitative estimate of drug-likeness (QED) is 0.708. The van der Waals surface area contributed by atoms with Gasteiger partial charge >= 0.3 is 6.36 Å². The number of nitrogens with one attached hydrogen (secondary N) is 1. The predicted octanol–water partition coefficient (Wildman–Crippen LogP) is 3.41. The van der Waals surface area contributed by atoms with Gasteiger partial charge in [-0.3, -0.25) is 0 Å². The molecule has 0 aliphatic rings. The standard InChI is InChI=1S/C15H23F3N2O/c1-3-20(4-2)11-5-10-19-12-13-6-8-14(9-7-13)21-15(16,17)18/h6-9,19H,3-5,10-12H2,1-2H3. The summed E-state index contributed by atoms with van der Waals surface area (Å²) in [6.07, 6.45) is -3.58. The highest BCUT2D eigenvalue weighted by Gasteiger charge is 2.30. The fourth-order valence-electron chi connectivity index (χ4n) is 2.01. The Morgan fingerprint density at radius 3 is 2.24 bits per heavy atom. The minimum absolute atomic E-state index is 0.187. The zero-order valence-electron chi connectivity index (χ0n) is 12.5. The van der Waals surface area contributed by atoms with E-state index in [0.717, 1.165) is 38.2 Å². The van der Waals surface area contributed by atoms with Gasteiger partial charge in [-0.2, -0.15) is 0 Å². The molecule has 3 nitrogen and oxygen atoms in total. The number of hydrogen-bond donors (Lipinski definition) is 1. The third kappa shape index (κ3) is 7.92. The van der Waals surface area contributed by atoms with Crippen molar-refractivity contribution in [3.8, 4) is 5.75 Å². The lowest BCUT2D eigenvalue weighted by atomic mass is 10.2. The van der Waals surface area contributed by atoms with Gasteiger partial charge in [-0.05, 0) is 50.3 Å². The van der Waals surface area contributed by atoms with Crippen LogP contribution in [0.1, 0.15) is 25.8 Å². The molecule has 0 atom stereocenters. The topological polar surface area (TPSA) is 24.5 Å². The number of alkyl halides is 3. The number of nitrogens with zero attached hydrogens (tertiary/aromatic N) is 1. The maximum Gasteiger partial charge on any atom is 0.573 e. The summed E-state index contributed by atoms with van der Waals surface area (Å²) in [5, 5.41) is 3.28. The van der Waals surface area contributed by atoms with E-state index < -0.39 is 6.36 Å². The first-order chi connectivity index (χ1) is 9.94. The van der Waals surface area contributed by atoms with Crippen molar-refractivity contribution in [1.82, 2.24) is 10.2 Å². The van der Waals surface area contributed by atoms with Crippen molar-refractivity contribution in [1.29, 1.82) is 0 Å². The first-order valence-corrected chi connectivity index (χ1v) is 7.22. The van der Waals surface area contributed by atoms with Crippen molar-refractivity contribution in [2.45, 2.75) is 33.2 Å². The second kappa shape index (κ2) is 8.89. The summed E-state index contributed by atoms with van der Waals surface area (Å²) in [5.74, 6) is -0.187. The van der Waals surface area contributed by atoms with Gasteiger partial charge in [0.1, 0.15) is 5.75 Å². The van der Waals surface area contributed by atoms with E-state index in [-0.39, 0.29) is 5.75 Å². The van der Waals surface area contributed by atoms with Gasteiger partial charge in [0.25, 0.3) is 0 Å². The van der Waals surface area contributed by atoms with Crippen LogP contribution in [0.25, 0.3) is 0 Å². The van der Waals surface area contributed by atoms with Crippen molar-refractivity contribution < 1.29 is 17.9 Å². The number of hydrogen-bond acceptors (Lipinski definition) is 3. The lowest BCUT2D eigenvalue weighted by Gasteiger charge is -2.17. The Morgan fingerprint density at radius 2 is 1.71 bits per heavy atom. The molecule has 1 rings (SSSR count). The SMILES string of the molecule is CCN(CC)CCCNCc1ccc(OC(F)(F)F)cc1. The maximum atomic E-state index is 12.0. The first kappa shape index (κ1) is 17.8. The van der Waals surface area contributed by atoms with Crippen LogP contribution in [0.2, 0.25) is 0 Å². The highest BCUT2D eigenvalue weighted by atomic mass is 19.4. The van der Waals surface area contributed by atoms with Crippen LogP contribution in [-0.4, -0.2) is 37.4 Å². The van der Waals surface area contributed by atoms with E-state index in [9.17, 15) is 13.2 Å². The van der Waals surface area contributed by atoms with Crippen LogP contribution in [0.5, 0.6) is 5.75 Å². The minimum Gasteiger partial charge on any atom is -0.406 e. The maximum absolute atomic E-state index is 12.0. The Bertz CT molecular complexity index is 389. The summed E-state index contributed by atoms with van der Waals surface area (Å²) in [4.78, 5) is 2.35. The fourth-order valence-corrected chi connectivity index (χ4v) is 2.01. The first-order valence-electron chi connectivity index (χ1n) is 7.22. The van der Waals surface area contributed by atoms with E-state index in [0.29, 0.717) is 6.54 Å². The lowest BCUT2D eigenvalue weighted by molar-refractivity contribution is -0.274. The van der Waals surface area contributed by atoms with Crippen LogP contribution >= 0.6 is 0 Å². The van der Waals surface area contributed by atoms with E-state index >= 15 is 0 Å². The third-order valence-electron chi connectivity index (χ3n) is 3.21. The van der Waals surface area contributed by atoms with Crippen molar-refractivity contribution >= 4 is 0 Å². The van der Waals surface area contributed by atoms with E-state index in [4.69, 9.17) is 0 Å².